The number of halogens is 1. The summed E-state index contributed by atoms with van der Waals surface area (Å²) in [6, 6.07) is 10.6. The van der Waals surface area contributed by atoms with Crippen molar-refractivity contribution in [2.45, 2.75) is 0 Å². The number of benzene rings is 2. The molecule has 3 rings (SSSR count). The van der Waals surface area contributed by atoms with Gasteiger partial charge in [0.15, 0.2) is 5.82 Å². The molecule has 0 saturated heterocycles. The summed E-state index contributed by atoms with van der Waals surface area (Å²) in [7, 11) is 3.66. The fourth-order valence-corrected chi connectivity index (χ4v) is 2.24. The molecule has 0 aliphatic carbocycles. The summed E-state index contributed by atoms with van der Waals surface area (Å²) in [5, 5.41) is 12.6. The van der Waals surface area contributed by atoms with Gasteiger partial charge in [-0.2, -0.15) is 0 Å². The molecule has 0 amide bonds. The first-order chi connectivity index (χ1) is 9.22. The second-order valence-electron chi connectivity index (χ2n) is 4.30. The topological polar surface area (TPSA) is 42.7 Å². The maximum Gasteiger partial charge on any atom is 0.224 e. The van der Waals surface area contributed by atoms with Crippen LogP contribution in [0.25, 0.3) is 22.2 Å². The number of aromatic nitrogens is 3. The summed E-state index contributed by atoms with van der Waals surface area (Å²) in [6.45, 7) is 0. The molecular weight excluding hydrogens is 243 g/mol. The third-order valence-electron chi connectivity index (χ3n) is 3.21. The second kappa shape index (κ2) is 4.35. The largest absolute Gasteiger partial charge is 0.357 e. The molecule has 19 heavy (non-hydrogen) atoms. The standard InChI is InChI=1S/C14H13FN4/c1-16-14-18-17-13(19(14)2)11-7-8-12(15)10-6-4-3-5-9(10)11/h3-8H,1-2H3,(H,16,18). The van der Waals surface area contributed by atoms with Gasteiger partial charge in [0.1, 0.15) is 5.82 Å². The average Bonchev–Trinajstić information content (AvgIpc) is 2.81. The summed E-state index contributed by atoms with van der Waals surface area (Å²) in [4.78, 5) is 0. The monoisotopic (exact) mass is 256 g/mol. The molecule has 5 heteroatoms. The van der Waals surface area contributed by atoms with E-state index < -0.39 is 0 Å². The van der Waals surface area contributed by atoms with Crippen LogP contribution in [0.2, 0.25) is 0 Å². The molecule has 1 aromatic heterocycles. The van der Waals surface area contributed by atoms with E-state index in [1.54, 1.807) is 19.2 Å². The first-order valence-electron chi connectivity index (χ1n) is 5.97. The molecule has 0 radical (unpaired) electrons. The number of hydrogen-bond acceptors (Lipinski definition) is 3. The van der Waals surface area contributed by atoms with Crippen LogP contribution >= 0.6 is 0 Å². The van der Waals surface area contributed by atoms with Crippen LogP contribution in [0.1, 0.15) is 0 Å². The SMILES string of the molecule is CNc1nnc(-c2ccc(F)c3ccccc23)n1C. The van der Waals surface area contributed by atoms with Gasteiger partial charge in [0, 0.05) is 25.0 Å². The number of hydrogen-bond donors (Lipinski definition) is 1. The highest BCUT2D eigenvalue weighted by Crippen LogP contribution is 2.29. The van der Waals surface area contributed by atoms with Gasteiger partial charge in [-0.25, -0.2) is 4.39 Å². The van der Waals surface area contributed by atoms with Crippen molar-refractivity contribution in [3.63, 3.8) is 0 Å². The van der Waals surface area contributed by atoms with E-state index in [1.165, 1.54) is 6.07 Å². The quantitative estimate of drug-likeness (QED) is 0.766. The molecule has 0 spiro atoms. The highest BCUT2D eigenvalue weighted by molar-refractivity contribution is 5.95. The van der Waals surface area contributed by atoms with Gasteiger partial charge >= 0.3 is 0 Å². The van der Waals surface area contributed by atoms with Crippen LogP contribution in [0, 0.1) is 5.82 Å². The molecule has 0 aliphatic rings. The van der Waals surface area contributed by atoms with Gasteiger partial charge in [-0.15, -0.1) is 10.2 Å². The molecule has 1 N–H and O–H groups in total. The first-order valence-corrected chi connectivity index (χ1v) is 5.97. The van der Waals surface area contributed by atoms with Crippen molar-refractivity contribution in [3.05, 3.63) is 42.2 Å². The Hall–Kier alpha value is -2.43. The van der Waals surface area contributed by atoms with Crippen molar-refractivity contribution < 1.29 is 4.39 Å². The zero-order valence-electron chi connectivity index (χ0n) is 10.7. The maximum atomic E-state index is 13.8. The predicted molar refractivity (Wildman–Crippen MR) is 73.4 cm³/mol. The molecule has 96 valence electrons. The fourth-order valence-electron chi connectivity index (χ4n) is 2.24. The van der Waals surface area contributed by atoms with Crippen molar-refractivity contribution in [2.75, 3.05) is 12.4 Å². The normalized spacial score (nSPS) is 10.9. The van der Waals surface area contributed by atoms with E-state index in [4.69, 9.17) is 0 Å². The zero-order valence-corrected chi connectivity index (χ0v) is 10.7. The van der Waals surface area contributed by atoms with E-state index in [0.717, 1.165) is 10.9 Å². The molecule has 2 aromatic carbocycles. The molecule has 0 unspecified atom stereocenters. The van der Waals surface area contributed by atoms with E-state index in [2.05, 4.69) is 15.5 Å². The molecule has 0 fully saturated rings. The number of rotatable bonds is 2. The maximum absolute atomic E-state index is 13.8. The number of anilines is 1. The lowest BCUT2D eigenvalue weighted by Crippen LogP contribution is -2.00. The van der Waals surface area contributed by atoms with E-state index in [0.29, 0.717) is 17.2 Å². The van der Waals surface area contributed by atoms with Crippen molar-refractivity contribution in [2.24, 2.45) is 7.05 Å². The molecule has 0 aliphatic heterocycles. The van der Waals surface area contributed by atoms with Gasteiger partial charge in [-0.1, -0.05) is 24.3 Å². The predicted octanol–water partition coefficient (Wildman–Crippen LogP) is 2.82. The Labute approximate surface area is 109 Å². The highest BCUT2D eigenvalue weighted by atomic mass is 19.1. The Morgan fingerprint density at radius 1 is 1.05 bits per heavy atom. The third kappa shape index (κ3) is 1.74. The molecule has 4 nitrogen and oxygen atoms in total. The Balaban J connectivity index is 2.31. The van der Waals surface area contributed by atoms with E-state index in [9.17, 15) is 4.39 Å². The fraction of sp³-hybridized carbons (Fsp3) is 0.143. The Morgan fingerprint density at radius 2 is 1.79 bits per heavy atom. The summed E-state index contributed by atoms with van der Waals surface area (Å²) in [5.74, 6) is 1.15. The molecule has 0 bridgehead atoms. The lowest BCUT2D eigenvalue weighted by atomic mass is 10.0. The first kappa shape index (κ1) is 11.6. The third-order valence-corrected chi connectivity index (χ3v) is 3.21. The summed E-state index contributed by atoms with van der Waals surface area (Å²) < 4.78 is 15.6. The molecule has 3 aromatic rings. The van der Waals surface area contributed by atoms with E-state index in [-0.39, 0.29) is 5.82 Å². The molecule has 0 atom stereocenters. The van der Waals surface area contributed by atoms with Crippen molar-refractivity contribution in [1.29, 1.82) is 0 Å². The minimum Gasteiger partial charge on any atom is -0.357 e. The van der Waals surface area contributed by atoms with E-state index in [1.807, 2.05) is 29.8 Å². The summed E-state index contributed by atoms with van der Waals surface area (Å²) >= 11 is 0. The van der Waals surface area contributed by atoms with Gasteiger partial charge in [0.25, 0.3) is 0 Å². The van der Waals surface area contributed by atoms with Crippen LogP contribution in [0.5, 0.6) is 0 Å². The van der Waals surface area contributed by atoms with Crippen LogP contribution < -0.4 is 5.32 Å². The van der Waals surface area contributed by atoms with Crippen molar-refractivity contribution in [3.8, 4) is 11.4 Å². The average molecular weight is 256 g/mol. The molecule has 0 saturated carbocycles. The Kier molecular flexibility index (Phi) is 2.67. The summed E-state index contributed by atoms with van der Waals surface area (Å²) in [5.41, 5.74) is 0.869. The van der Waals surface area contributed by atoms with Crippen LogP contribution in [0.4, 0.5) is 10.3 Å². The minimum atomic E-state index is -0.227. The summed E-state index contributed by atoms with van der Waals surface area (Å²) in [6.07, 6.45) is 0. The van der Waals surface area contributed by atoms with Crippen LogP contribution in [0.15, 0.2) is 36.4 Å². The van der Waals surface area contributed by atoms with Gasteiger partial charge < -0.3 is 5.32 Å². The van der Waals surface area contributed by atoms with Gasteiger partial charge in [-0.05, 0) is 17.5 Å². The van der Waals surface area contributed by atoms with E-state index >= 15 is 0 Å². The minimum absolute atomic E-state index is 0.227. The lowest BCUT2D eigenvalue weighted by molar-refractivity contribution is 0.640. The van der Waals surface area contributed by atoms with Crippen LogP contribution in [-0.4, -0.2) is 21.8 Å². The smallest absolute Gasteiger partial charge is 0.224 e. The van der Waals surface area contributed by atoms with Crippen molar-refractivity contribution in [1.82, 2.24) is 14.8 Å². The second-order valence-corrected chi connectivity index (χ2v) is 4.30. The lowest BCUT2D eigenvalue weighted by Gasteiger charge is -2.07. The van der Waals surface area contributed by atoms with Gasteiger partial charge in [0.05, 0.1) is 0 Å². The van der Waals surface area contributed by atoms with Gasteiger partial charge in [0.2, 0.25) is 5.95 Å². The molecular formula is C14H13FN4. The Morgan fingerprint density at radius 3 is 2.47 bits per heavy atom. The highest BCUT2D eigenvalue weighted by Gasteiger charge is 2.13. The molecule has 1 heterocycles. The Bertz CT molecular complexity index is 748. The number of nitrogens with one attached hydrogen (secondary N) is 1. The zero-order chi connectivity index (χ0) is 13.4. The number of nitrogens with zero attached hydrogens (tertiary/aromatic N) is 3. The van der Waals surface area contributed by atoms with Crippen molar-refractivity contribution >= 4 is 16.7 Å². The van der Waals surface area contributed by atoms with Gasteiger partial charge in [-0.3, -0.25) is 4.57 Å². The van der Waals surface area contributed by atoms with Crippen LogP contribution in [-0.2, 0) is 7.05 Å². The number of fused-ring (bicyclic) bond motifs is 1. The van der Waals surface area contributed by atoms with Crippen LogP contribution in [0.3, 0.4) is 0 Å².